The van der Waals surface area contributed by atoms with Gasteiger partial charge in [-0.05, 0) is 31.5 Å². The number of halogens is 2. The molecular formula is C11H15BrClNO. The van der Waals surface area contributed by atoms with Crippen LogP contribution in [0.3, 0.4) is 0 Å². The fraction of sp³-hybridized carbons (Fsp3) is 0.455. The summed E-state index contributed by atoms with van der Waals surface area (Å²) in [6.07, 6.45) is 0. The molecule has 0 fully saturated rings. The number of nitrogens with one attached hydrogen (secondary N) is 1. The van der Waals surface area contributed by atoms with Crippen molar-refractivity contribution >= 4 is 27.5 Å². The quantitative estimate of drug-likeness (QED) is 0.893. The van der Waals surface area contributed by atoms with Gasteiger partial charge in [0.1, 0.15) is 0 Å². The maximum absolute atomic E-state index is 8.94. The van der Waals surface area contributed by atoms with E-state index in [4.69, 9.17) is 16.7 Å². The normalized spacial score (nSPS) is 15.0. The molecule has 0 heterocycles. The van der Waals surface area contributed by atoms with E-state index in [0.29, 0.717) is 0 Å². The van der Waals surface area contributed by atoms with Crippen LogP contribution < -0.4 is 5.32 Å². The molecule has 0 aliphatic heterocycles. The SMILES string of the molecule is CC(N[C@H](C)CO)c1ccc(Br)cc1Cl. The van der Waals surface area contributed by atoms with Gasteiger partial charge in [0, 0.05) is 21.6 Å². The molecular weight excluding hydrogens is 277 g/mol. The Morgan fingerprint density at radius 3 is 2.67 bits per heavy atom. The Kier molecular flexibility index (Phi) is 5.06. The highest BCUT2D eigenvalue weighted by atomic mass is 79.9. The van der Waals surface area contributed by atoms with Crippen LogP contribution in [-0.4, -0.2) is 17.8 Å². The molecule has 1 unspecified atom stereocenters. The molecule has 0 amide bonds. The van der Waals surface area contributed by atoms with Gasteiger partial charge in [-0.15, -0.1) is 0 Å². The third-order valence-corrected chi connectivity index (χ3v) is 3.06. The molecule has 0 aromatic heterocycles. The Morgan fingerprint density at radius 1 is 1.47 bits per heavy atom. The number of benzene rings is 1. The fourth-order valence-corrected chi connectivity index (χ4v) is 2.26. The second-order valence-corrected chi connectivity index (χ2v) is 4.96. The second kappa shape index (κ2) is 5.85. The van der Waals surface area contributed by atoms with Crippen LogP contribution in [0, 0.1) is 0 Å². The lowest BCUT2D eigenvalue weighted by molar-refractivity contribution is 0.243. The Bertz CT molecular complexity index is 332. The average Bonchev–Trinajstić information content (AvgIpc) is 2.17. The first-order chi connectivity index (χ1) is 7.04. The number of aliphatic hydroxyl groups is 1. The number of hydrogen-bond acceptors (Lipinski definition) is 2. The van der Waals surface area contributed by atoms with Crippen molar-refractivity contribution in [3.63, 3.8) is 0 Å². The minimum atomic E-state index is 0.0692. The maximum atomic E-state index is 8.94. The number of aliphatic hydroxyl groups excluding tert-OH is 1. The van der Waals surface area contributed by atoms with E-state index in [9.17, 15) is 0 Å². The van der Waals surface area contributed by atoms with Crippen LogP contribution in [0.1, 0.15) is 25.5 Å². The zero-order valence-corrected chi connectivity index (χ0v) is 11.1. The monoisotopic (exact) mass is 291 g/mol. The van der Waals surface area contributed by atoms with Crippen molar-refractivity contribution in [1.82, 2.24) is 5.32 Å². The van der Waals surface area contributed by atoms with Crippen LogP contribution >= 0.6 is 27.5 Å². The van der Waals surface area contributed by atoms with Gasteiger partial charge >= 0.3 is 0 Å². The Hall–Kier alpha value is -0.0900. The minimum absolute atomic E-state index is 0.0692. The fourth-order valence-electron chi connectivity index (χ4n) is 1.42. The molecule has 2 N–H and O–H groups in total. The summed E-state index contributed by atoms with van der Waals surface area (Å²) < 4.78 is 0.971. The third-order valence-electron chi connectivity index (χ3n) is 2.24. The minimum Gasteiger partial charge on any atom is -0.395 e. The summed E-state index contributed by atoms with van der Waals surface area (Å²) in [6.45, 7) is 4.09. The van der Waals surface area contributed by atoms with Crippen molar-refractivity contribution in [3.8, 4) is 0 Å². The van der Waals surface area contributed by atoms with Crippen molar-refractivity contribution < 1.29 is 5.11 Å². The highest BCUT2D eigenvalue weighted by molar-refractivity contribution is 9.10. The van der Waals surface area contributed by atoms with E-state index in [1.165, 1.54) is 0 Å². The van der Waals surface area contributed by atoms with Crippen molar-refractivity contribution in [1.29, 1.82) is 0 Å². The molecule has 1 aromatic carbocycles. The van der Waals surface area contributed by atoms with Gasteiger partial charge in [-0.2, -0.15) is 0 Å². The molecule has 0 saturated heterocycles. The zero-order valence-electron chi connectivity index (χ0n) is 8.80. The summed E-state index contributed by atoms with van der Waals surface area (Å²) in [5.41, 5.74) is 1.04. The van der Waals surface area contributed by atoms with Gasteiger partial charge in [0.25, 0.3) is 0 Å². The van der Waals surface area contributed by atoms with Crippen molar-refractivity contribution in [2.45, 2.75) is 25.9 Å². The van der Waals surface area contributed by atoms with E-state index in [0.717, 1.165) is 15.1 Å². The Morgan fingerprint density at radius 2 is 2.13 bits per heavy atom. The molecule has 2 atom stereocenters. The molecule has 15 heavy (non-hydrogen) atoms. The molecule has 0 spiro atoms. The smallest absolute Gasteiger partial charge is 0.0582 e. The largest absolute Gasteiger partial charge is 0.395 e. The third kappa shape index (κ3) is 3.76. The van der Waals surface area contributed by atoms with Gasteiger partial charge in [-0.25, -0.2) is 0 Å². The number of rotatable bonds is 4. The molecule has 0 bridgehead atoms. The molecule has 4 heteroatoms. The first kappa shape index (κ1) is 13.0. The molecule has 1 aromatic rings. The predicted molar refractivity (Wildman–Crippen MR) is 67.3 cm³/mol. The van der Waals surface area contributed by atoms with Gasteiger partial charge in [-0.3, -0.25) is 0 Å². The first-order valence-electron chi connectivity index (χ1n) is 4.86. The summed E-state index contributed by atoms with van der Waals surface area (Å²) in [7, 11) is 0. The standard InChI is InChI=1S/C11H15BrClNO/c1-7(6-15)14-8(2)10-4-3-9(12)5-11(10)13/h3-5,7-8,14-15H,6H2,1-2H3/t7-,8?/m1/s1. The Balaban J connectivity index is 2.77. The Labute approximate surface area is 104 Å². The summed E-state index contributed by atoms with van der Waals surface area (Å²) in [5, 5.41) is 12.9. The van der Waals surface area contributed by atoms with Gasteiger partial charge < -0.3 is 10.4 Å². The van der Waals surface area contributed by atoms with Gasteiger partial charge in [0.2, 0.25) is 0 Å². The lowest BCUT2D eigenvalue weighted by Gasteiger charge is -2.19. The zero-order chi connectivity index (χ0) is 11.4. The summed E-state index contributed by atoms with van der Waals surface area (Å²) in [6, 6.07) is 6.02. The summed E-state index contributed by atoms with van der Waals surface area (Å²) in [5.74, 6) is 0. The van der Waals surface area contributed by atoms with Gasteiger partial charge in [0.05, 0.1) is 6.61 Å². The van der Waals surface area contributed by atoms with E-state index in [1.807, 2.05) is 32.0 Å². The predicted octanol–water partition coefficient (Wildman–Crippen LogP) is 3.13. The van der Waals surface area contributed by atoms with Crippen LogP contribution in [0.2, 0.25) is 5.02 Å². The first-order valence-corrected chi connectivity index (χ1v) is 6.03. The van der Waals surface area contributed by atoms with E-state index < -0.39 is 0 Å². The van der Waals surface area contributed by atoms with Crippen molar-refractivity contribution in [2.75, 3.05) is 6.61 Å². The van der Waals surface area contributed by atoms with E-state index in [2.05, 4.69) is 21.2 Å². The van der Waals surface area contributed by atoms with Crippen molar-refractivity contribution in [3.05, 3.63) is 33.3 Å². The van der Waals surface area contributed by atoms with Gasteiger partial charge in [-0.1, -0.05) is 33.6 Å². The highest BCUT2D eigenvalue weighted by Gasteiger charge is 2.11. The van der Waals surface area contributed by atoms with Crippen LogP contribution in [0.5, 0.6) is 0 Å². The van der Waals surface area contributed by atoms with Crippen LogP contribution in [0.15, 0.2) is 22.7 Å². The topological polar surface area (TPSA) is 32.3 Å². The molecule has 0 aliphatic carbocycles. The summed E-state index contributed by atoms with van der Waals surface area (Å²) >= 11 is 9.48. The lowest BCUT2D eigenvalue weighted by Crippen LogP contribution is -2.31. The molecule has 1 rings (SSSR count). The molecule has 0 saturated carbocycles. The second-order valence-electron chi connectivity index (χ2n) is 3.64. The van der Waals surface area contributed by atoms with E-state index in [1.54, 1.807) is 0 Å². The van der Waals surface area contributed by atoms with Crippen LogP contribution in [0.4, 0.5) is 0 Å². The number of hydrogen-bond donors (Lipinski definition) is 2. The van der Waals surface area contributed by atoms with Crippen LogP contribution in [-0.2, 0) is 0 Å². The average molecular weight is 293 g/mol. The van der Waals surface area contributed by atoms with Gasteiger partial charge in [0.15, 0.2) is 0 Å². The summed E-state index contributed by atoms with van der Waals surface area (Å²) in [4.78, 5) is 0. The van der Waals surface area contributed by atoms with E-state index >= 15 is 0 Å². The highest BCUT2D eigenvalue weighted by Crippen LogP contribution is 2.26. The molecule has 84 valence electrons. The lowest BCUT2D eigenvalue weighted by atomic mass is 10.1. The molecule has 0 radical (unpaired) electrons. The maximum Gasteiger partial charge on any atom is 0.0582 e. The van der Waals surface area contributed by atoms with E-state index in [-0.39, 0.29) is 18.7 Å². The van der Waals surface area contributed by atoms with Crippen molar-refractivity contribution in [2.24, 2.45) is 0 Å². The van der Waals surface area contributed by atoms with Crippen LogP contribution in [0.25, 0.3) is 0 Å². The molecule has 2 nitrogen and oxygen atoms in total. The molecule has 0 aliphatic rings.